The maximum atomic E-state index is 12.2. The molecule has 6 heteroatoms. The molecule has 0 aromatic heterocycles. The lowest BCUT2D eigenvalue weighted by Crippen LogP contribution is -2.39. The quantitative estimate of drug-likeness (QED) is 0.862. The van der Waals surface area contributed by atoms with Crippen molar-refractivity contribution in [3.63, 3.8) is 0 Å². The van der Waals surface area contributed by atoms with E-state index in [1.54, 1.807) is 6.07 Å². The van der Waals surface area contributed by atoms with Crippen molar-refractivity contribution in [3.05, 3.63) is 28.8 Å². The highest BCUT2D eigenvalue weighted by Crippen LogP contribution is 2.27. The molecule has 1 aromatic carbocycles. The van der Waals surface area contributed by atoms with E-state index >= 15 is 0 Å². The first-order valence-corrected chi connectivity index (χ1v) is 8.21. The van der Waals surface area contributed by atoms with Crippen molar-refractivity contribution in [1.82, 2.24) is 4.90 Å². The fourth-order valence-electron chi connectivity index (χ4n) is 2.74. The summed E-state index contributed by atoms with van der Waals surface area (Å²) in [6.45, 7) is 5.20. The van der Waals surface area contributed by atoms with Gasteiger partial charge in [-0.2, -0.15) is 0 Å². The van der Waals surface area contributed by atoms with Crippen molar-refractivity contribution in [2.24, 2.45) is 5.92 Å². The second-order valence-corrected chi connectivity index (χ2v) is 6.65. The maximum Gasteiger partial charge on any atom is 0.335 e. The predicted octanol–water partition coefficient (Wildman–Crippen LogP) is 3.45. The summed E-state index contributed by atoms with van der Waals surface area (Å²) in [6.07, 6.45) is 2.43. The summed E-state index contributed by atoms with van der Waals surface area (Å²) < 4.78 is 5.72. The van der Waals surface area contributed by atoms with Gasteiger partial charge in [0.1, 0.15) is 12.4 Å². The molecule has 1 heterocycles. The smallest absolute Gasteiger partial charge is 0.335 e. The molecule has 1 amide bonds. The van der Waals surface area contributed by atoms with Crippen LogP contribution in [0, 0.1) is 5.92 Å². The van der Waals surface area contributed by atoms with Crippen LogP contribution in [0.5, 0.6) is 5.75 Å². The third-order valence-corrected chi connectivity index (χ3v) is 4.19. The van der Waals surface area contributed by atoms with Gasteiger partial charge in [-0.3, -0.25) is 4.79 Å². The molecule has 1 aliphatic heterocycles. The topological polar surface area (TPSA) is 66.8 Å². The Hall–Kier alpha value is -1.75. The van der Waals surface area contributed by atoms with Gasteiger partial charge < -0.3 is 14.7 Å². The minimum absolute atomic E-state index is 0.0523. The van der Waals surface area contributed by atoms with Crippen LogP contribution in [0.2, 0.25) is 5.02 Å². The number of carbonyl (C=O) groups excluding carboxylic acids is 1. The van der Waals surface area contributed by atoms with Crippen molar-refractivity contribution in [1.29, 1.82) is 0 Å². The number of aromatic carboxylic acids is 1. The van der Waals surface area contributed by atoms with Gasteiger partial charge in [-0.05, 0) is 37.0 Å². The molecule has 1 unspecified atom stereocenters. The monoisotopic (exact) mass is 339 g/mol. The predicted molar refractivity (Wildman–Crippen MR) is 88.1 cm³/mol. The summed E-state index contributed by atoms with van der Waals surface area (Å²) in [6, 6.07) is 4.44. The molecule has 23 heavy (non-hydrogen) atoms. The van der Waals surface area contributed by atoms with Crippen LogP contribution in [-0.4, -0.2) is 41.1 Å². The fourth-order valence-corrected chi connectivity index (χ4v) is 2.98. The number of ether oxygens (including phenoxy) is 1. The van der Waals surface area contributed by atoms with E-state index in [2.05, 4.69) is 0 Å². The van der Waals surface area contributed by atoms with Crippen molar-refractivity contribution < 1.29 is 19.4 Å². The summed E-state index contributed by atoms with van der Waals surface area (Å²) in [5.74, 6) is -0.0828. The molecule has 0 radical (unpaired) electrons. The molecule has 1 atom stereocenters. The number of hydrogen-bond donors (Lipinski definition) is 1. The zero-order valence-electron chi connectivity index (χ0n) is 13.4. The summed E-state index contributed by atoms with van der Waals surface area (Å²) in [5, 5.41) is 9.19. The molecule has 1 saturated heterocycles. The normalized spacial score (nSPS) is 17.6. The number of likely N-dealkylation sites (tertiary alicyclic amines) is 1. The second kappa shape index (κ2) is 7.68. The molecule has 1 fully saturated rings. The van der Waals surface area contributed by atoms with Crippen LogP contribution >= 0.6 is 11.6 Å². The van der Waals surface area contributed by atoms with Crippen LogP contribution in [-0.2, 0) is 4.79 Å². The van der Waals surface area contributed by atoms with E-state index in [0.717, 1.165) is 19.4 Å². The van der Waals surface area contributed by atoms with Crippen LogP contribution in [0.3, 0.4) is 0 Å². The molecule has 126 valence electrons. The average Bonchev–Trinajstić information content (AvgIpc) is 2.93. The van der Waals surface area contributed by atoms with Crippen LogP contribution in [0.4, 0.5) is 0 Å². The zero-order valence-corrected chi connectivity index (χ0v) is 14.2. The van der Waals surface area contributed by atoms with Crippen LogP contribution in [0.1, 0.15) is 43.5 Å². The van der Waals surface area contributed by atoms with Crippen LogP contribution in [0.15, 0.2) is 18.2 Å². The third-order valence-electron chi connectivity index (χ3n) is 3.89. The van der Waals surface area contributed by atoms with Gasteiger partial charge in [-0.1, -0.05) is 25.4 Å². The molecule has 2 rings (SSSR count). The Balaban J connectivity index is 1.97. The van der Waals surface area contributed by atoms with E-state index in [4.69, 9.17) is 21.4 Å². The first kappa shape index (κ1) is 17.6. The van der Waals surface area contributed by atoms with Crippen LogP contribution < -0.4 is 4.74 Å². The van der Waals surface area contributed by atoms with E-state index in [1.165, 1.54) is 12.1 Å². The minimum Gasteiger partial charge on any atom is -0.490 e. The number of amides is 1. The number of hydrogen-bond acceptors (Lipinski definition) is 3. The largest absolute Gasteiger partial charge is 0.490 e. The number of carboxylic acid groups (broad SMARTS) is 1. The molecule has 0 aliphatic carbocycles. The number of rotatable bonds is 6. The summed E-state index contributed by atoms with van der Waals surface area (Å²) in [7, 11) is 0. The molecule has 1 N–H and O–H groups in total. The van der Waals surface area contributed by atoms with E-state index in [9.17, 15) is 9.59 Å². The molecule has 1 aromatic rings. The number of carbonyl (C=O) groups is 2. The van der Waals surface area contributed by atoms with Gasteiger partial charge in [0.05, 0.1) is 16.6 Å². The standard InChI is InChI=1S/C17H22ClNO4/c1-11(2)8-16(20)19-7-3-4-13(19)10-23-15-6-5-12(17(21)22)9-14(15)18/h5-6,9,11,13H,3-4,7-8,10H2,1-2H3,(H,21,22). The van der Waals surface area contributed by atoms with Gasteiger partial charge in [0, 0.05) is 13.0 Å². The van der Waals surface area contributed by atoms with Gasteiger partial charge in [0.25, 0.3) is 0 Å². The maximum absolute atomic E-state index is 12.2. The van der Waals surface area contributed by atoms with Crippen molar-refractivity contribution in [3.8, 4) is 5.75 Å². The Kier molecular flexibility index (Phi) is 5.88. The molecule has 1 aliphatic rings. The average molecular weight is 340 g/mol. The Morgan fingerprint density at radius 2 is 2.17 bits per heavy atom. The van der Waals surface area contributed by atoms with Gasteiger partial charge in [0.2, 0.25) is 5.91 Å². The van der Waals surface area contributed by atoms with E-state index in [1.807, 2.05) is 18.7 Å². The Bertz CT molecular complexity index is 588. The number of nitrogens with zero attached hydrogens (tertiary/aromatic N) is 1. The minimum atomic E-state index is -1.03. The zero-order chi connectivity index (χ0) is 17.0. The third kappa shape index (κ3) is 4.61. The highest BCUT2D eigenvalue weighted by molar-refractivity contribution is 6.32. The molecule has 0 bridgehead atoms. The first-order valence-electron chi connectivity index (χ1n) is 7.83. The summed E-state index contributed by atoms with van der Waals surface area (Å²) in [5.41, 5.74) is 0.122. The van der Waals surface area contributed by atoms with Gasteiger partial charge in [-0.25, -0.2) is 4.79 Å². The van der Waals surface area contributed by atoms with E-state index < -0.39 is 5.97 Å². The molecule has 5 nitrogen and oxygen atoms in total. The lowest BCUT2D eigenvalue weighted by Gasteiger charge is -2.25. The number of benzene rings is 1. The van der Waals surface area contributed by atoms with Crippen LogP contribution in [0.25, 0.3) is 0 Å². The first-order chi connectivity index (χ1) is 10.9. The number of carboxylic acids is 1. The Labute approximate surface area is 141 Å². The van der Waals surface area contributed by atoms with Crippen molar-refractivity contribution >= 4 is 23.5 Å². The summed E-state index contributed by atoms with van der Waals surface area (Å²) >= 11 is 6.06. The molecule has 0 spiro atoms. The Morgan fingerprint density at radius 3 is 2.78 bits per heavy atom. The van der Waals surface area contributed by atoms with Gasteiger partial charge in [-0.15, -0.1) is 0 Å². The van der Waals surface area contributed by atoms with Crippen molar-refractivity contribution in [2.45, 2.75) is 39.2 Å². The molecular formula is C17H22ClNO4. The second-order valence-electron chi connectivity index (χ2n) is 6.24. The SMILES string of the molecule is CC(C)CC(=O)N1CCCC1COc1ccc(C(=O)O)cc1Cl. The molecule has 0 saturated carbocycles. The lowest BCUT2D eigenvalue weighted by atomic mass is 10.1. The molecular weight excluding hydrogens is 318 g/mol. The van der Waals surface area contributed by atoms with Gasteiger partial charge >= 0.3 is 5.97 Å². The van der Waals surface area contributed by atoms with Crippen molar-refractivity contribution in [2.75, 3.05) is 13.2 Å². The van der Waals surface area contributed by atoms with E-state index in [0.29, 0.717) is 24.7 Å². The fraction of sp³-hybridized carbons (Fsp3) is 0.529. The lowest BCUT2D eigenvalue weighted by molar-refractivity contribution is -0.133. The Morgan fingerprint density at radius 1 is 1.43 bits per heavy atom. The number of halogens is 1. The van der Waals surface area contributed by atoms with Gasteiger partial charge in [0.15, 0.2) is 0 Å². The summed E-state index contributed by atoms with van der Waals surface area (Å²) in [4.78, 5) is 25.0. The highest BCUT2D eigenvalue weighted by Gasteiger charge is 2.29. The highest BCUT2D eigenvalue weighted by atomic mass is 35.5. The van der Waals surface area contributed by atoms with E-state index in [-0.39, 0.29) is 22.5 Å².